The monoisotopic (exact) mass is 239 g/mol. The van der Waals surface area contributed by atoms with Gasteiger partial charge in [-0.2, -0.15) is 9.64 Å². The molecule has 86 valence electrons. The molecule has 5 nitrogen and oxygen atoms in total. The smallest absolute Gasteiger partial charge is 0.330 e. The fourth-order valence-corrected chi connectivity index (χ4v) is 1.86. The van der Waals surface area contributed by atoms with Crippen LogP contribution in [-0.4, -0.2) is 21.9 Å². The summed E-state index contributed by atoms with van der Waals surface area (Å²) in [5, 5.41) is 9.32. The van der Waals surface area contributed by atoms with Gasteiger partial charge in [0.05, 0.1) is 12.7 Å². The Kier molecular flexibility index (Phi) is 4.38. The summed E-state index contributed by atoms with van der Waals surface area (Å²) in [5.41, 5.74) is 0. The molecule has 0 radical (unpaired) electrons. The van der Waals surface area contributed by atoms with Crippen LogP contribution >= 0.6 is 11.5 Å². The summed E-state index contributed by atoms with van der Waals surface area (Å²) in [7, 11) is 0. The van der Waals surface area contributed by atoms with E-state index in [1.54, 1.807) is 6.92 Å². The minimum Gasteiger partial charge on any atom is -0.465 e. The van der Waals surface area contributed by atoms with Gasteiger partial charge in [0.2, 0.25) is 0 Å². The predicted molar refractivity (Wildman–Crippen MR) is 59.0 cm³/mol. The lowest BCUT2D eigenvalue weighted by Gasteiger charge is -2.04. The topological polar surface area (TPSA) is 75.9 Å². The molecule has 0 amide bonds. The summed E-state index contributed by atoms with van der Waals surface area (Å²) < 4.78 is 8.90. The number of carbonyl (C=O) groups excluding carboxylic acids is 1. The lowest BCUT2D eigenvalue weighted by molar-refractivity contribution is -0.143. The maximum absolute atomic E-state index is 11.4. The average Bonchev–Trinajstić information content (AvgIpc) is 2.68. The molecule has 0 aliphatic heterocycles. The van der Waals surface area contributed by atoms with Crippen LogP contribution in [0.3, 0.4) is 0 Å². The number of hydrogen-bond donors (Lipinski definition) is 0. The molecule has 0 N–H and O–H groups in total. The zero-order valence-corrected chi connectivity index (χ0v) is 10.2. The minimum absolute atomic E-state index is 0.187. The van der Waals surface area contributed by atoms with Crippen molar-refractivity contribution in [2.75, 3.05) is 6.61 Å². The number of esters is 1. The van der Waals surface area contributed by atoms with E-state index >= 15 is 0 Å². The van der Waals surface area contributed by atoms with E-state index in [1.165, 1.54) is 0 Å². The molecule has 1 aromatic heterocycles. The third-order valence-corrected chi connectivity index (χ3v) is 2.66. The SMILES string of the molecule is CCOC(=O)C(C#N)c1nc(C(C)C)ns1. The van der Waals surface area contributed by atoms with Crippen LogP contribution in [0.15, 0.2) is 0 Å². The Morgan fingerprint density at radius 2 is 2.31 bits per heavy atom. The fourth-order valence-electron chi connectivity index (χ4n) is 1.03. The second kappa shape index (κ2) is 5.56. The Balaban J connectivity index is 2.88. The van der Waals surface area contributed by atoms with E-state index < -0.39 is 11.9 Å². The summed E-state index contributed by atoms with van der Waals surface area (Å²) in [6.07, 6.45) is 0. The van der Waals surface area contributed by atoms with Crippen molar-refractivity contribution in [1.29, 1.82) is 5.26 Å². The van der Waals surface area contributed by atoms with E-state index in [0.717, 1.165) is 11.5 Å². The summed E-state index contributed by atoms with van der Waals surface area (Å²) in [5.74, 6) is -0.669. The number of aromatic nitrogens is 2. The molecular weight excluding hydrogens is 226 g/mol. The van der Waals surface area contributed by atoms with E-state index in [9.17, 15) is 4.79 Å². The molecule has 0 fully saturated rings. The van der Waals surface area contributed by atoms with Crippen molar-refractivity contribution in [1.82, 2.24) is 9.36 Å². The highest BCUT2D eigenvalue weighted by atomic mass is 32.1. The average molecular weight is 239 g/mol. The van der Waals surface area contributed by atoms with Crippen LogP contribution in [-0.2, 0) is 9.53 Å². The van der Waals surface area contributed by atoms with E-state index in [-0.39, 0.29) is 12.5 Å². The lowest BCUT2D eigenvalue weighted by atomic mass is 10.2. The third kappa shape index (κ3) is 2.76. The second-order valence-corrected chi connectivity index (χ2v) is 4.24. The Morgan fingerprint density at radius 3 is 2.75 bits per heavy atom. The molecule has 0 spiro atoms. The van der Waals surface area contributed by atoms with Gasteiger partial charge in [0.15, 0.2) is 5.92 Å². The van der Waals surface area contributed by atoms with Gasteiger partial charge >= 0.3 is 5.97 Å². The fraction of sp³-hybridized carbons (Fsp3) is 0.600. The van der Waals surface area contributed by atoms with Gasteiger partial charge in [-0.1, -0.05) is 13.8 Å². The number of hydrogen-bond acceptors (Lipinski definition) is 6. The maximum Gasteiger partial charge on any atom is 0.330 e. The zero-order valence-electron chi connectivity index (χ0n) is 9.43. The molecule has 1 unspecified atom stereocenters. The van der Waals surface area contributed by atoms with Crippen LogP contribution in [0.25, 0.3) is 0 Å². The molecule has 1 rings (SSSR count). The van der Waals surface area contributed by atoms with Crippen LogP contribution in [0.2, 0.25) is 0 Å². The van der Waals surface area contributed by atoms with E-state index in [1.807, 2.05) is 19.9 Å². The van der Waals surface area contributed by atoms with Crippen molar-refractivity contribution in [2.45, 2.75) is 32.6 Å². The molecule has 1 aromatic rings. The molecule has 0 aliphatic rings. The van der Waals surface area contributed by atoms with Crippen molar-refractivity contribution < 1.29 is 9.53 Å². The molecule has 1 atom stereocenters. The number of carbonyl (C=O) groups is 1. The Labute approximate surface area is 98.2 Å². The quantitative estimate of drug-likeness (QED) is 0.749. The maximum atomic E-state index is 11.4. The van der Waals surface area contributed by atoms with Crippen molar-refractivity contribution in [3.8, 4) is 6.07 Å². The minimum atomic E-state index is -0.954. The number of nitriles is 1. The van der Waals surface area contributed by atoms with Gasteiger partial charge in [-0.05, 0) is 18.5 Å². The number of ether oxygens (including phenoxy) is 1. The first kappa shape index (κ1) is 12.6. The first-order valence-corrected chi connectivity index (χ1v) is 5.77. The molecule has 0 aromatic carbocycles. The molecule has 16 heavy (non-hydrogen) atoms. The van der Waals surface area contributed by atoms with Crippen LogP contribution in [0.1, 0.15) is 43.4 Å². The highest BCUT2D eigenvalue weighted by Crippen LogP contribution is 2.21. The van der Waals surface area contributed by atoms with Gasteiger partial charge in [-0.15, -0.1) is 0 Å². The highest BCUT2D eigenvalue weighted by Gasteiger charge is 2.26. The van der Waals surface area contributed by atoms with E-state index in [2.05, 4.69) is 9.36 Å². The summed E-state index contributed by atoms with van der Waals surface area (Å²) in [4.78, 5) is 15.6. The van der Waals surface area contributed by atoms with Crippen LogP contribution in [0.5, 0.6) is 0 Å². The first-order chi connectivity index (χ1) is 7.60. The van der Waals surface area contributed by atoms with Gasteiger partial charge in [-0.3, -0.25) is 4.79 Å². The van der Waals surface area contributed by atoms with Crippen molar-refractivity contribution >= 4 is 17.5 Å². The van der Waals surface area contributed by atoms with Crippen LogP contribution < -0.4 is 0 Å². The summed E-state index contributed by atoms with van der Waals surface area (Å²) >= 11 is 1.08. The lowest BCUT2D eigenvalue weighted by Crippen LogP contribution is -2.14. The molecule has 1 heterocycles. The third-order valence-electron chi connectivity index (χ3n) is 1.87. The largest absolute Gasteiger partial charge is 0.465 e. The summed E-state index contributed by atoms with van der Waals surface area (Å²) in [6, 6.07) is 1.89. The second-order valence-electron chi connectivity index (χ2n) is 3.46. The van der Waals surface area contributed by atoms with Crippen LogP contribution in [0.4, 0.5) is 0 Å². The van der Waals surface area contributed by atoms with Crippen LogP contribution in [0, 0.1) is 11.3 Å². The Morgan fingerprint density at radius 1 is 1.62 bits per heavy atom. The summed E-state index contributed by atoms with van der Waals surface area (Å²) in [6.45, 7) is 5.87. The Hall–Kier alpha value is -1.48. The van der Waals surface area contributed by atoms with Crippen molar-refractivity contribution in [3.05, 3.63) is 10.8 Å². The number of nitrogens with zero attached hydrogens (tertiary/aromatic N) is 3. The van der Waals surface area contributed by atoms with Gasteiger partial charge in [0, 0.05) is 5.92 Å². The first-order valence-electron chi connectivity index (χ1n) is 4.99. The molecular formula is C10H13N3O2S. The van der Waals surface area contributed by atoms with E-state index in [0.29, 0.717) is 10.8 Å². The Bertz CT molecular complexity index is 408. The van der Waals surface area contributed by atoms with Gasteiger partial charge in [-0.25, -0.2) is 4.98 Å². The molecule has 6 heteroatoms. The standard InChI is InChI=1S/C10H13N3O2S/c1-4-15-10(14)7(5-11)9-12-8(6(2)3)13-16-9/h6-7H,4H2,1-3H3. The normalized spacial score (nSPS) is 12.2. The zero-order chi connectivity index (χ0) is 12.1. The van der Waals surface area contributed by atoms with Crippen molar-refractivity contribution in [3.63, 3.8) is 0 Å². The molecule has 0 saturated heterocycles. The van der Waals surface area contributed by atoms with E-state index in [4.69, 9.17) is 10.00 Å². The number of rotatable bonds is 4. The predicted octanol–water partition coefficient (Wildman–Crippen LogP) is 1.83. The van der Waals surface area contributed by atoms with Gasteiger partial charge < -0.3 is 4.74 Å². The molecule has 0 aliphatic carbocycles. The molecule has 0 bridgehead atoms. The highest BCUT2D eigenvalue weighted by molar-refractivity contribution is 7.05. The van der Waals surface area contributed by atoms with Gasteiger partial charge in [0.1, 0.15) is 10.8 Å². The van der Waals surface area contributed by atoms with Crippen molar-refractivity contribution in [2.24, 2.45) is 0 Å². The molecule has 0 saturated carbocycles. The van der Waals surface area contributed by atoms with Gasteiger partial charge in [0.25, 0.3) is 0 Å².